The number of rotatable bonds is 2. The first kappa shape index (κ1) is 13.1. The number of hydrogen-bond donors (Lipinski definition) is 1. The van der Waals surface area contributed by atoms with E-state index in [4.69, 9.17) is 0 Å². The molecule has 1 aliphatic carbocycles. The summed E-state index contributed by atoms with van der Waals surface area (Å²) < 4.78 is 1.20. The molecule has 21 heavy (non-hydrogen) atoms. The molecule has 2 nitrogen and oxygen atoms in total. The second-order valence-electron chi connectivity index (χ2n) is 5.77. The molecule has 0 saturated heterocycles. The van der Waals surface area contributed by atoms with Gasteiger partial charge >= 0.3 is 0 Å². The second-order valence-corrected chi connectivity index (χ2v) is 6.56. The molecule has 3 heteroatoms. The fraction of sp³-hybridized carbons (Fsp3) is 0.278. The van der Waals surface area contributed by atoms with Crippen LogP contribution in [0.2, 0.25) is 0 Å². The van der Waals surface area contributed by atoms with E-state index in [2.05, 4.69) is 62.5 Å². The van der Waals surface area contributed by atoms with Crippen molar-refractivity contribution in [2.45, 2.75) is 32.1 Å². The summed E-state index contributed by atoms with van der Waals surface area (Å²) in [7, 11) is 0. The van der Waals surface area contributed by atoms with E-state index in [0.717, 1.165) is 12.8 Å². The Morgan fingerprint density at radius 3 is 2.86 bits per heavy atom. The van der Waals surface area contributed by atoms with Gasteiger partial charge in [0.2, 0.25) is 0 Å². The SMILES string of the molecule is Brc1c(Cc2n[nH]c3c2CCCC3)ccc2ccccc12. The van der Waals surface area contributed by atoms with Gasteiger partial charge in [0.05, 0.1) is 5.69 Å². The summed E-state index contributed by atoms with van der Waals surface area (Å²) >= 11 is 3.79. The summed E-state index contributed by atoms with van der Waals surface area (Å²) in [5, 5.41) is 10.4. The Balaban J connectivity index is 1.74. The van der Waals surface area contributed by atoms with Gasteiger partial charge in [-0.15, -0.1) is 0 Å². The Morgan fingerprint density at radius 2 is 1.90 bits per heavy atom. The van der Waals surface area contributed by atoms with Crippen molar-refractivity contribution in [2.75, 3.05) is 0 Å². The number of nitrogens with one attached hydrogen (secondary N) is 1. The van der Waals surface area contributed by atoms with Gasteiger partial charge in [0.25, 0.3) is 0 Å². The van der Waals surface area contributed by atoms with E-state index in [1.54, 1.807) is 0 Å². The molecular weight excluding hydrogens is 324 g/mol. The van der Waals surface area contributed by atoms with Crippen LogP contribution in [-0.2, 0) is 19.3 Å². The topological polar surface area (TPSA) is 28.7 Å². The molecule has 1 N–H and O–H groups in total. The first-order valence-electron chi connectivity index (χ1n) is 7.54. The highest BCUT2D eigenvalue weighted by Crippen LogP contribution is 2.31. The maximum atomic E-state index is 4.57. The number of nitrogens with zero attached hydrogens (tertiary/aromatic N) is 1. The second kappa shape index (κ2) is 5.30. The molecule has 0 bridgehead atoms. The van der Waals surface area contributed by atoms with Gasteiger partial charge in [-0.2, -0.15) is 5.10 Å². The number of hydrogen-bond acceptors (Lipinski definition) is 1. The highest BCUT2D eigenvalue weighted by Gasteiger charge is 2.17. The van der Waals surface area contributed by atoms with Gasteiger partial charge < -0.3 is 0 Å². The molecule has 0 saturated carbocycles. The molecule has 0 unspecified atom stereocenters. The van der Waals surface area contributed by atoms with Crippen molar-refractivity contribution >= 4 is 26.7 Å². The summed E-state index contributed by atoms with van der Waals surface area (Å²) in [6.07, 6.45) is 5.80. The average Bonchev–Trinajstić information content (AvgIpc) is 2.94. The fourth-order valence-corrected chi connectivity index (χ4v) is 3.92. The third kappa shape index (κ3) is 2.30. The maximum absolute atomic E-state index is 4.57. The minimum Gasteiger partial charge on any atom is -0.282 e. The minimum atomic E-state index is 0.900. The third-order valence-electron chi connectivity index (χ3n) is 4.44. The lowest BCUT2D eigenvalue weighted by molar-refractivity contribution is 0.673. The van der Waals surface area contributed by atoms with Gasteiger partial charge in [-0.05, 0) is 63.5 Å². The van der Waals surface area contributed by atoms with Crippen LogP contribution in [0.4, 0.5) is 0 Å². The molecule has 1 aromatic heterocycles. The highest BCUT2D eigenvalue weighted by molar-refractivity contribution is 9.10. The van der Waals surface area contributed by atoms with Crippen LogP contribution in [0.3, 0.4) is 0 Å². The Bertz CT molecular complexity index is 804. The van der Waals surface area contributed by atoms with Crippen LogP contribution in [0.15, 0.2) is 40.9 Å². The number of aryl methyl sites for hydroxylation is 1. The molecule has 0 spiro atoms. The molecule has 0 amide bonds. The van der Waals surface area contributed by atoms with Crippen LogP contribution in [0.25, 0.3) is 10.8 Å². The highest BCUT2D eigenvalue weighted by atomic mass is 79.9. The van der Waals surface area contributed by atoms with Gasteiger partial charge in [-0.3, -0.25) is 5.10 Å². The normalized spacial score (nSPS) is 14.3. The Kier molecular flexibility index (Phi) is 3.30. The Morgan fingerprint density at radius 1 is 1.05 bits per heavy atom. The molecule has 2 aromatic carbocycles. The summed E-state index contributed by atoms with van der Waals surface area (Å²) in [5.74, 6) is 0. The minimum absolute atomic E-state index is 0.900. The largest absolute Gasteiger partial charge is 0.282 e. The summed E-state index contributed by atoms with van der Waals surface area (Å²) in [6.45, 7) is 0. The lowest BCUT2D eigenvalue weighted by atomic mass is 9.93. The first-order chi connectivity index (χ1) is 10.3. The van der Waals surface area contributed by atoms with E-state index in [1.165, 1.54) is 57.0 Å². The summed E-state index contributed by atoms with van der Waals surface area (Å²) in [4.78, 5) is 0. The molecule has 4 rings (SSSR count). The lowest BCUT2D eigenvalue weighted by Crippen LogP contribution is -2.03. The van der Waals surface area contributed by atoms with Gasteiger partial charge in [-0.25, -0.2) is 0 Å². The van der Waals surface area contributed by atoms with Gasteiger partial charge in [0, 0.05) is 16.6 Å². The number of H-pyrrole nitrogens is 1. The standard InChI is InChI=1S/C18H17BrN2/c19-18-13(10-9-12-5-1-2-6-14(12)18)11-17-15-7-3-4-8-16(15)20-21-17/h1-2,5-6,9-10H,3-4,7-8,11H2,(H,20,21). The van der Waals surface area contributed by atoms with E-state index < -0.39 is 0 Å². The predicted molar refractivity (Wildman–Crippen MR) is 89.7 cm³/mol. The van der Waals surface area contributed by atoms with E-state index in [0.29, 0.717) is 0 Å². The van der Waals surface area contributed by atoms with Gasteiger partial charge in [-0.1, -0.05) is 36.4 Å². The van der Waals surface area contributed by atoms with E-state index in [-0.39, 0.29) is 0 Å². The van der Waals surface area contributed by atoms with Crippen LogP contribution in [-0.4, -0.2) is 10.2 Å². The third-order valence-corrected chi connectivity index (χ3v) is 5.38. The Hall–Kier alpha value is -1.61. The molecule has 0 aliphatic heterocycles. The Labute approximate surface area is 132 Å². The fourth-order valence-electron chi connectivity index (χ4n) is 3.29. The van der Waals surface area contributed by atoms with Crippen LogP contribution in [0.1, 0.15) is 35.4 Å². The monoisotopic (exact) mass is 340 g/mol. The molecule has 0 fully saturated rings. The number of benzene rings is 2. The molecular formula is C18H17BrN2. The molecule has 0 radical (unpaired) electrons. The first-order valence-corrected chi connectivity index (χ1v) is 8.33. The average molecular weight is 341 g/mol. The number of aromatic amines is 1. The van der Waals surface area contributed by atoms with E-state index in [1.807, 2.05) is 0 Å². The van der Waals surface area contributed by atoms with Crippen molar-refractivity contribution in [3.63, 3.8) is 0 Å². The smallest absolute Gasteiger partial charge is 0.0701 e. The lowest BCUT2D eigenvalue weighted by Gasteiger charge is -2.12. The zero-order valence-corrected chi connectivity index (χ0v) is 13.4. The van der Waals surface area contributed by atoms with Crippen molar-refractivity contribution < 1.29 is 0 Å². The van der Waals surface area contributed by atoms with E-state index >= 15 is 0 Å². The quantitative estimate of drug-likeness (QED) is 0.713. The van der Waals surface area contributed by atoms with Crippen LogP contribution in [0, 0.1) is 0 Å². The van der Waals surface area contributed by atoms with Gasteiger partial charge in [0.1, 0.15) is 0 Å². The molecule has 0 atom stereocenters. The van der Waals surface area contributed by atoms with Crippen molar-refractivity contribution in [3.05, 3.63) is 63.4 Å². The number of halogens is 1. The molecule has 3 aromatic rings. The van der Waals surface area contributed by atoms with Crippen molar-refractivity contribution in [1.29, 1.82) is 0 Å². The molecule has 106 valence electrons. The van der Waals surface area contributed by atoms with Crippen molar-refractivity contribution in [3.8, 4) is 0 Å². The predicted octanol–water partition coefficient (Wildman–Crippen LogP) is 4.80. The molecule has 1 aliphatic rings. The summed E-state index contributed by atoms with van der Waals surface area (Å²) in [6, 6.07) is 12.9. The molecule has 1 heterocycles. The van der Waals surface area contributed by atoms with E-state index in [9.17, 15) is 0 Å². The zero-order chi connectivity index (χ0) is 14.2. The zero-order valence-electron chi connectivity index (χ0n) is 11.8. The number of fused-ring (bicyclic) bond motifs is 2. The maximum Gasteiger partial charge on any atom is 0.0701 e. The summed E-state index contributed by atoms with van der Waals surface area (Å²) in [5.41, 5.74) is 5.35. The van der Waals surface area contributed by atoms with Crippen molar-refractivity contribution in [1.82, 2.24) is 10.2 Å². The van der Waals surface area contributed by atoms with Crippen LogP contribution in [0.5, 0.6) is 0 Å². The van der Waals surface area contributed by atoms with Gasteiger partial charge in [0.15, 0.2) is 0 Å². The number of aromatic nitrogens is 2. The van der Waals surface area contributed by atoms with Crippen LogP contribution < -0.4 is 0 Å². The van der Waals surface area contributed by atoms with Crippen molar-refractivity contribution in [2.24, 2.45) is 0 Å². The van der Waals surface area contributed by atoms with Crippen LogP contribution >= 0.6 is 15.9 Å².